The minimum Gasteiger partial charge on any atom is -0.508 e. The van der Waals surface area contributed by atoms with Gasteiger partial charge in [0.2, 0.25) is 5.91 Å². The van der Waals surface area contributed by atoms with Crippen LogP contribution < -0.4 is 10.9 Å². The third kappa shape index (κ3) is 3.34. The first-order valence-electron chi connectivity index (χ1n) is 9.45. The number of fused-ring (bicyclic) bond motifs is 1. The zero-order chi connectivity index (χ0) is 20.8. The predicted molar refractivity (Wildman–Crippen MR) is 109 cm³/mol. The number of anilines is 1. The van der Waals surface area contributed by atoms with Crippen molar-refractivity contribution in [3.63, 3.8) is 0 Å². The molecule has 7 nitrogen and oxygen atoms in total. The SMILES string of the molecule is Cc1ccccc1NC(=O)[C@@H]1[C@@H](c2ccc(O)cc2)c2c([nH][nH]c2=O)C[C@]1(C)O. The van der Waals surface area contributed by atoms with Gasteiger partial charge in [-0.1, -0.05) is 30.3 Å². The zero-order valence-electron chi connectivity index (χ0n) is 16.2. The smallest absolute Gasteiger partial charge is 0.267 e. The number of para-hydroxylation sites is 1. The molecule has 1 aliphatic rings. The fourth-order valence-electron chi connectivity index (χ4n) is 4.26. The van der Waals surface area contributed by atoms with Gasteiger partial charge in [0.05, 0.1) is 11.5 Å². The molecule has 0 saturated heterocycles. The van der Waals surface area contributed by atoms with E-state index in [4.69, 9.17) is 0 Å². The molecule has 0 fully saturated rings. The van der Waals surface area contributed by atoms with E-state index in [0.717, 1.165) is 5.56 Å². The molecule has 0 radical (unpaired) electrons. The highest BCUT2D eigenvalue weighted by Crippen LogP contribution is 2.44. The van der Waals surface area contributed by atoms with Crippen molar-refractivity contribution in [3.8, 4) is 5.75 Å². The number of aromatic nitrogens is 2. The van der Waals surface area contributed by atoms with Gasteiger partial charge in [0, 0.05) is 29.3 Å². The normalized spacial score (nSPS) is 23.4. The maximum absolute atomic E-state index is 13.4. The van der Waals surface area contributed by atoms with Gasteiger partial charge in [0.1, 0.15) is 5.75 Å². The first-order chi connectivity index (χ1) is 13.8. The lowest BCUT2D eigenvalue weighted by atomic mass is 9.66. The second kappa shape index (κ2) is 6.93. The van der Waals surface area contributed by atoms with Gasteiger partial charge in [0.25, 0.3) is 5.56 Å². The Labute approximate surface area is 167 Å². The number of H-pyrrole nitrogens is 2. The summed E-state index contributed by atoms with van der Waals surface area (Å²) in [6, 6.07) is 13.8. The summed E-state index contributed by atoms with van der Waals surface area (Å²) in [7, 11) is 0. The maximum atomic E-state index is 13.4. The first kappa shape index (κ1) is 19.0. The van der Waals surface area contributed by atoms with E-state index >= 15 is 0 Å². The number of phenols is 1. The number of hydrogen-bond donors (Lipinski definition) is 5. The third-order valence-electron chi connectivity index (χ3n) is 5.68. The largest absolute Gasteiger partial charge is 0.508 e. The molecule has 150 valence electrons. The van der Waals surface area contributed by atoms with Crippen molar-refractivity contribution in [2.45, 2.75) is 31.8 Å². The number of aliphatic hydroxyl groups is 1. The molecule has 0 bridgehead atoms. The van der Waals surface area contributed by atoms with Gasteiger partial charge < -0.3 is 20.6 Å². The van der Waals surface area contributed by atoms with Crippen LogP contribution in [0.5, 0.6) is 5.75 Å². The Morgan fingerprint density at radius 2 is 1.83 bits per heavy atom. The van der Waals surface area contributed by atoms with E-state index in [0.29, 0.717) is 22.5 Å². The molecule has 3 aromatic rings. The molecule has 1 aromatic heterocycles. The molecular weight excluding hydrogens is 370 g/mol. The Hall–Kier alpha value is -3.32. The summed E-state index contributed by atoms with van der Waals surface area (Å²) in [5, 5.41) is 29.2. The van der Waals surface area contributed by atoms with E-state index in [1.54, 1.807) is 25.1 Å². The van der Waals surface area contributed by atoms with Crippen LogP contribution in [0.4, 0.5) is 5.69 Å². The van der Waals surface area contributed by atoms with E-state index in [9.17, 15) is 19.8 Å². The van der Waals surface area contributed by atoms with Gasteiger partial charge >= 0.3 is 0 Å². The number of rotatable bonds is 3. The second-order valence-electron chi connectivity index (χ2n) is 7.86. The van der Waals surface area contributed by atoms with Gasteiger partial charge in [0.15, 0.2) is 0 Å². The first-order valence-corrected chi connectivity index (χ1v) is 9.45. The monoisotopic (exact) mass is 393 g/mol. The van der Waals surface area contributed by atoms with Crippen molar-refractivity contribution >= 4 is 11.6 Å². The van der Waals surface area contributed by atoms with E-state index < -0.39 is 17.4 Å². The molecule has 29 heavy (non-hydrogen) atoms. The second-order valence-corrected chi connectivity index (χ2v) is 7.86. The predicted octanol–water partition coefficient (Wildman–Crippen LogP) is 2.41. The van der Waals surface area contributed by atoms with Gasteiger partial charge in [-0.2, -0.15) is 0 Å². The number of carbonyl (C=O) groups excluding carboxylic acids is 1. The maximum Gasteiger partial charge on any atom is 0.267 e. The standard InChI is InChI=1S/C22H23N3O4/c1-12-5-3-4-6-15(12)23-21(28)19-17(13-7-9-14(26)10-8-13)18-16(11-22(19,2)29)24-25-20(18)27/h3-10,17,19,26,29H,11H2,1-2H3,(H,23,28)(H2,24,25,27)/t17-,19-,22-/m0/s1. The summed E-state index contributed by atoms with van der Waals surface area (Å²) < 4.78 is 0. The Balaban J connectivity index is 1.83. The van der Waals surface area contributed by atoms with Crippen LogP contribution in [0.15, 0.2) is 53.3 Å². The molecule has 1 amide bonds. The Morgan fingerprint density at radius 3 is 2.52 bits per heavy atom. The third-order valence-corrected chi connectivity index (χ3v) is 5.68. The lowest BCUT2D eigenvalue weighted by molar-refractivity contribution is -0.130. The topological polar surface area (TPSA) is 118 Å². The van der Waals surface area contributed by atoms with Crippen molar-refractivity contribution in [2.75, 3.05) is 5.32 Å². The molecule has 4 rings (SSSR count). The van der Waals surface area contributed by atoms with Crippen LogP contribution in [-0.2, 0) is 11.2 Å². The number of aromatic hydroxyl groups is 1. The molecule has 0 saturated carbocycles. The highest BCUT2D eigenvalue weighted by atomic mass is 16.3. The van der Waals surface area contributed by atoms with Crippen molar-refractivity contribution < 1.29 is 15.0 Å². The summed E-state index contributed by atoms with van der Waals surface area (Å²) >= 11 is 0. The number of hydrogen-bond acceptors (Lipinski definition) is 4. The summed E-state index contributed by atoms with van der Waals surface area (Å²) in [5.74, 6) is -1.86. The quantitative estimate of drug-likeness (QED) is 0.470. The Kier molecular flexibility index (Phi) is 4.55. The fraction of sp³-hybridized carbons (Fsp3) is 0.273. The Bertz CT molecular complexity index is 1110. The fourth-order valence-corrected chi connectivity index (χ4v) is 4.26. The molecule has 3 atom stereocenters. The highest BCUT2D eigenvalue weighted by molar-refractivity contribution is 5.95. The molecule has 1 aliphatic carbocycles. The number of aromatic amines is 2. The molecule has 2 aromatic carbocycles. The number of nitrogens with one attached hydrogen (secondary N) is 3. The van der Waals surface area contributed by atoms with Gasteiger partial charge in [-0.25, -0.2) is 0 Å². The molecule has 1 heterocycles. The van der Waals surface area contributed by atoms with Crippen molar-refractivity contribution in [2.24, 2.45) is 5.92 Å². The van der Waals surface area contributed by atoms with Crippen LogP contribution in [0, 0.1) is 12.8 Å². The van der Waals surface area contributed by atoms with Crippen LogP contribution in [0.2, 0.25) is 0 Å². The Morgan fingerprint density at radius 1 is 1.14 bits per heavy atom. The van der Waals surface area contributed by atoms with Crippen LogP contribution in [-0.4, -0.2) is 31.9 Å². The zero-order valence-corrected chi connectivity index (χ0v) is 16.2. The highest BCUT2D eigenvalue weighted by Gasteiger charge is 2.50. The van der Waals surface area contributed by atoms with Crippen molar-refractivity contribution in [3.05, 3.63) is 81.3 Å². The molecule has 0 aliphatic heterocycles. The number of phenolic OH excluding ortho intramolecular Hbond substituents is 1. The van der Waals surface area contributed by atoms with Gasteiger partial charge in [-0.3, -0.25) is 14.7 Å². The molecule has 0 spiro atoms. The summed E-state index contributed by atoms with van der Waals surface area (Å²) in [6.07, 6.45) is 0.140. The lowest BCUT2D eigenvalue weighted by Crippen LogP contribution is -2.51. The average molecular weight is 393 g/mol. The van der Waals surface area contributed by atoms with Gasteiger partial charge in [-0.15, -0.1) is 0 Å². The molecule has 7 heteroatoms. The minimum atomic E-state index is -1.40. The summed E-state index contributed by atoms with van der Waals surface area (Å²) in [6.45, 7) is 3.50. The number of benzene rings is 2. The van der Waals surface area contributed by atoms with Crippen molar-refractivity contribution in [1.82, 2.24) is 10.2 Å². The van der Waals surface area contributed by atoms with E-state index in [1.165, 1.54) is 12.1 Å². The van der Waals surface area contributed by atoms with Gasteiger partial charge in [-0.05, 0) is 43.2 Å². The van der Waals surface area contributed by atoms with Crippen LogP contribution >= 0.6 is 0 Å². The number of amides is 1. The van der Waals surface area contributed by atoms with E-state index in [2.05, 4.69) is 15.5 Å². The van der Waals surface area contributed by atoms with E-state index in [-0.39, 0.29) is 23.6 Å². The lowest BCUT2D eigenvalue weighted by Gasteiger charge is -2.41. The average Bonchev–Trinajstić information content (AvgIpc) is 3.02. The molecular formula is C22H23N3O4. The molecule has 0 unspecified atom stereocenters. The van der Waals surface area contributed by atoms with E-state index in [1.807, 2.05) is 25.1 Å². The summed E-state index contributed by atoms with van der Waals surface area (Å²) in [5.41, 5.74) is 1.53. The number of carbonyl (C=O) groups is 1. The van der Waals surface area contributed by atoms with Crippen LogP contribution in [0.1, 0.15) is 35.2 Å². The number of aryl methyl sites for hydroxylation is 1. The van der Waals surface area contributed by atoms with Crippen LogP contribution in [0.25, 0.3) is 0 Å². The molecule has 5 N–H and O–H groups in total. The summed E-state index contributed by atoms with van der Waals surface area (Å²) in [4.78, 5) is 25.9. The minimum absolute atomic E-state index is 0.0837. The van der Waals surface area contributed by atoms with Crippen LogP contribution in [0.3, 0.4) is 0 Å². The van der Waals surface area contributed by atoms with Crippen molar-refractivity contribution in [1.29, 1.82) is 0 Å².